The van der Waals surface area contributed by atoms with Crippen molar-refractivity contribution in [1.29, 1.82) is 0 Å². The molecule has 0 unspecified atom stereocenters. The van der Waals surface area contributed by atoms with Crippen LogP contribution in [0.3, 0.4) is 0 Å². The SMILES string of the molecule is CN1C(=O)c2nc(NC(C)(C)C)c3ccc(Br)cc3c2C1=O. The molecule has 0 atom stereocenters. The van der Waals surface area contributed by atoms with E-state index in [0.717, 1.165) is 20.1 Å². The molecule has 3 rings (SSSR count). The van der Waals surface area contributed by atoms with Crippen molar-refractivity contribution < 1.29 is 9.59 Å². The molecule has 0 spiro atoms. The molecule has 0 saturated carbocycles. The van der Waals surface area contributed by atoms with E-state index in [0.29, 0.717) is 11.4 Å². The van der Waals surface area contributed by atoms with Gasteiger partial charge >= 0.3 is 0 Å². The summed E-state index contributed by atoms with van der Waals surface area (Å²) in [6, 6.07) is 5.65. The predicted molar refractivity (Wildman–Crippen MR) is 89.2 cm³/mol. The Bertz CT molecular complexity index is 824. The first-order valence-electron chi connectivity index (χ1n) is 6.93. The summed E-state index contributed by atoms with van der Waals surface area (Å²) in [4.78, 5) is 30.2. The Balaban J connectivity index is 2.37. The molecule has 0 bridgehead atoms. The van der Waals surface area contributed by atoms with Gasteiger partial charge in [0.25, 0.3) is 11.8 Å². The first kappa shape index (κ1) is 15.0. The highest BCUT2D eigenvalue weighted by molar-refractivity contribution is 9.10. The fourth-order valence-corrected chi connectivity index (χ4v) is 2.89. The summed E-state index contributed by atoms with van der Waals surface area (Å²) in [7, 11) is 1.48. The van der Waals surface area contributed by atoms with Crippen LogP contribution in [0.4, 0.5) is 5.82 Å². The molecule has 1 aromatic carbocycles. The van der Waals surface area contributed by atoms with Gasteiger partial charge in [-0.25, -0.2) is 4.98 Å². The van der Waals surface area contributed by atoms with Gasteiger partial charge in [-0.3, -0.25) is 14.5 Å². The van der Waals surface area contributed by atoms with Gasteiger partial charge in [0.1, 0.15) is 11.5 Å². The maximum Gasteiger partial charge on any atom is 0.280 e. The van der Waals surface area contributed by atoms with Gasteiger partial charge in [-0.1, -0.05) is 15.9 Å². The van der Waals surface area contributed by atoms with Gasteiger partial charge in [-0.2, -0.15) is 0 Å². The van der Waals surface area contributed by atoms with Crippen molar-refractivity contribution in [3.63, 3.8) is 0 Å². The summed E-state index contributed by atoms with van der Waals surface area (Å²) in [5, 5.41) is 4.87. The van der Waals surface area contributed by atoms with Gasteiger partial charge in [0, 0.05) is 27.8 Å². The number of anilines is 1. The molecule has 2 aromatic rings. The minimum Gasteiger partial charge on any atom is -0.365 e. The predicted octanol–water partition coefficient (Wildman–Crippen LogP) is 3.43. The third-order valence-corrected chi connectivity index (χ3v) is 3.98. The third-order valence-electron chi connectivity index (χ3n) is 3.49. The van der Waals surface area contributed by atoms with E-state index in [2.05, 4.69) is 26.2 Å². The lowest BCUT2D eigenvalue weighted by Crippen LogP contribution is -2.27. The molecule has 22 heavy (non-hydrogen) atoms. The number of hydrogen-bond donors (Lipinski definition) is 1. The van der Waals surface area contributed by atoms with Crippen LogP contribution in [-0.2, 0) is 0 Å². The molecule has 0 saturated heterocycles. The summed E-state index contributed by atoms with van der Waals surface area (Å²) in [5.41, 5.74) is 0.381. The molecule has 1 N–H and O–H groups in total. The first-order chi connectivity index (χ1) is 10.2. The van der Waals surface area contributed by atoms with Crippen LogP contribution in [-0.4, -0.2) is 34.3 Å². The Kier molecular flexibility index (Phi) is 3.25. The number of fused-ring (bicyclic) bond motifs is 3. The summed E-state index contributed by atoms with van der Waals surface area (Å²) < 4.78 is 0.852. The van der Waals surface area contributed by atoms with Crippen LogP contribution < -0.4 is 5.32 Å². The molecular formula is C16H16BrN3O2. The second kappa shape index (κ2) is 4.78. The maximum atomic E-state index is 12.4. The normalized spacial score (nSPS) is 14.7. The fourth-order valence-electron chi connectivity index (χ4n) is 2.53. The standard InChI is InChI=1S/C16H16BrN3O2/c1-16(2,3)19-13-9-6-5-8(17)7-10(9)11-12(18-13)15(22)20(4)14(11)21/h5-7H,1-4H3,(H,18,19). The van der Waals surface area contributed by atoms with Gasteiger partial charge in [-0.05, 0) is 39.0 Å². The lowest BCUT2D eigenvalue weighted by molar-refractivity contribution is 0.0692. The Labute approximate surface area is 136 Å². The molecular weight excluding hydrogens is 346 g/mol. The van der Waals surface area contributed by atoms with Crippen molar-refractivity contribution in [2.75, 3.05) is 12.4 Å². The zero-order valence-electron chi connectivity index (χ0n) is 12.8. The molecule has 1 aromatic heterocycles. The van der Waals surface area contributed by atoms with E-state index in [9.17, 15) is 9.59 Å². The Hall–Kier alpha value is -1.95. The number of amides is 2. The monoisotopic (exact) mass is 361 g/mol. The van der Waals surface area contributed by atoms with Crippen LogP contribution in [0.25, 0.3) is 10.8 Å². The molecule has 6 heteroatoms. The average Bonchev–Trinajstić information content (AvgIpc) is 2.62. The zero-order chi connectivity index (χ0) is 16.2. The molecule has 0 fully saturated rings. The molecule has 5 nitrogen and oxygen atoms in total. The van der Waals surface area contributed by atoms with Crippen molar-refractivity contribution in [1.82, 2.24) is 9.88 Å². The van der Waals surface area contributed by atoms with E-state index < -0.39 is 0 Å². The first-order valence-corrected chi connectivity index (χ1v) is 7.72. The zero-order valence-corrected chi connectivity index (χ0v) is 14.4. The smallest absolute Gasteiger partial charge is 0.280 e. The van der Waals surface area contributed by atoms with Crippen LogP contribution in [0.1, 0.15) is 41.6 Å². The molecule has 1 aliphatic rings. The highest BCUT2D eigenvalue weighted by Gasteiger charge is 2.37. The Morgan fingerprint density at radius 3 is 2.45 bits per heavy atom. The number of nitrogens with zero attached hydrogens (tertiary/aromatic N) is 2. The topological polar surface area (TPSA) is 62.3 Å². The van der Waals surface area contributed by atoms with Crippen molar-refractivity contribution in [2.24, 2.45) is 0 Å². The molecule has 1 aliphatic heterocycles. The summed E-state index contributed by atoms with van der Waals surface area (Å²) in [6.07, 6.45) is 0. The van der Waals surface area contributed by atoms with Crippen LogP contribution >= 0.6 is 15.9 Å². The van der Waals surface area contributed by atoms with Gasteiger partial charge in [-0.15, -0.1) is 0 Å². The number of pyridine rings is 1. The lowest BCUT2D eigenvalue weighted by Gasteiger charge is -2.23. The Morgan fingerprint density at radius 2 is 1.82 bits per heavy atom. The van der Waals surface area contributed by atoms with Crippen molar-refractivity contribution in [3.8, 4) is 0 Å². The number of aromatic nitrogens is 1. The van der Waals surface area contributed by atoms with Gasteiger partial charge < -0.3 is 5.32 Å². The van der Waals surface area contributed by atoms with E-state index in [1.807, 2.05) is 39.0 Å². The summed E-state index contributed by atoms with van der Waals surface area (Å²) >= 11 is 3.43. The molecule has 2 heterocycles. The van der Waals surface area contributed by atoms with Crippen LogP contribution in [0.5, 0.6) is 0 Å². The van der Waals surface area contributed by atoms with E-state index >= 15 is 0 Å². The fraction of sp³-hybridized carbons (Fsp3) is 0.312. The number of halogens is 1. The van der Waals surface area contributed by atoms with Crippen LogP contribution in [0.2, 0.25) is 0 Å². The van der Waals surface area contributed by atoms with E-state index in [1.165, 1.54) is 7.05 Å². The van der Waals surface area contributed by atoms with Crippen molar-refractivity contribution >= 4 is 44.3 Å². The number of benzene rings is 1. The molecule has 0 aliphatic carbocycles. The number of hydrogen-bond acceptors (Lipinski definition) is 4. The number of carbonyl (C=O) groups is 2. The number of carbonyl (C=O) groups excluding carboxylic acids is 2. The number of nitrogens with one attached hydrogen (secondary N) is 1. The summed E-state index contributed by atoms with van der Waals surface area (Å²) in [5.74, 6) is -0.0538. The Morgan fingerprint density at radius 1 is 1.14 bits per heavy atom. The van der Waals surface area contributed by atoms with Crippen LogP contribution in [0, 0.1) is 0 Å². The highest BCUT2D eigenvalue weighted by Crippen LogP contribution is 2.34. The largest absolute Gasteiger partial charge is 0.365 e. The van der Waals surface area contributed by atoms with E-state index in [1.54, 1.807) is 0 Å². The van der Waals surface area contributed by atoms with Crippen LogP contribution in [0.15, 0.2) is 22.7 Å². The minimum atomic E-state index is -0.362. The molecule has 2 amide bonds. The summed E-state index contributed by atoms with van der Waals surface area (Å²) in [6.45, 7) is 6.06. The van der Waals surface area contributed by atoms with E-state index in [-0.39, 0.29) is 23.0 Å². The highest BCUT2D eigenvalue weighted by atomic mass is 79.9. The molecule has 114 valence electrons. The third kappa shape index (κ3) is 2.27. The lowest BCUT2D eigenvalue weighted by atomic mass is 10.0. The van der Waals surface area contributed by atoms with Gasteiger partial charge in [0.2, 0.25) is 0 Å². The van der Waals surface area contributed by atoms with Gasteiger partial charge in [0.15, 0.2) is 0 Å². The van der Waals surface area contributed by atoms with Gasteiger partial charge in [0.05, 0.1) is 5.56 Å². The maximum absolute atomic E-state index is 12.4. The quantitative estimate of drug-likeness (QED) is 0.790. The molecule has 0 radical (unpaired) electrons. The number of imide groups is 1. The minimum absolute atomic E-state index is 0.210. The van der Waals surface area contributed by atoms with Crippen molar-refractivity contribution in [3.05, 3.63) is 33.9 Å². The second-order valence-electron chi connectivity index (χ2n) is 6.42. The number of rotatable bonds is 1. The second-order valence-corrected chi connectivity index (χ2v) is 7.33. The van der Waals surface area contributed by atoms with E-state index in [4.69, 9.17) is 0 Å². The average molecular weight is 362 g/mol. The van der Waals surface area contributed by atoms with Crippen molar-refractivity contribution in [2.45, 2.75) is 26.3 Å².